The summed E-state index contributed by atoms with van der Waals surface area (Å²) in [7, 11) is 0.802. The molecule has 0 spiro atoms. The van der Waals surface area contributed by atoms with Crippen molar-refractivity contribution in [3.8, 4) is 0 Å². The van der Waals surface area contributed by atoms with Crippen LogP contribution >= 0.6 is 0 Å². The van der Waals surface area contributed by atoms with Crippen molar-refractivity contribution in [2.24, 2.45) is 4.99 Å². The molecule has 1 atom stereocenters. The summed E-state index contributed by atoms with van der Waals surface area (Å²) >= 11 is 0. The number of nitrogens with zero attached hydrogens (tertiary/aromatic N) is 2. The van der Waals surface area contributed by atoms with Crippen LogP contribution in [-0.4, -0.2) is 70.0 Å². The first kappa shape index (κ1) is 20.7. The Labute approximate surface area is 148 Å². The molecule has 7 nitrogen and oxygen atoms in total. The van der Waals surface area contributed by atoms with Crippen molar-refractivity contribution in [1.82, 2.24) is 15.5 Å². The number of hydrogen-bond acceptors (Lipinski definition) is 4. The summed E-state index contributed by atoms with van der Waals surface area (Å²) in [6, 6.07) is 0.150. The second-order valence-corrected chi connectivity index (χ2v) is 10.2. The van der Waals surface area contributed by atoms with Gasteiger partial charge < -0.3 is 20.3 Å². The number of nitrogens with one attached hydrogen (secondary N) is 2. The maximum Gasteiger partial charge on any atom is 0.410 e. The van der Waals surface area contributed by atoms with Gasteiger partial charge in [-0.05, 0) is 41.5 Å². The Morgan fingerprint density at radius 1 is 1.25 bits per heavy atom. The average Bonchev–Trinajstić information content (AvgIpc) is 2.36. The van der Waals surface area contributed by atoms with E-state index in [1.54, 1.807) is 11.9 Å². The molecule has 1 aliphatic heterocycles. The van der Waals surface area contributed by atoms with Crippen molar-refractivity contribution in [1.29, 1.82) is 0 Å². The lowest BCUT2D eigenvalue weighted by atomic mass is 10.1. The Hall–Kier alpha value is -1.31. The Morgan fingerprint density at radius 3 is 2.29 bits per heavy atom. The molecule has 1 saturated heterocycles. The number of likely N-dealkylation sites (tertiary alicyclic amines) is 1. The van der Waals surface area contributed by atoms with E-state index < -0.39 is 16.4 Å². The lowest BCUT2D eigenvalue weighted by Gasteiger charge is -2.40. The van der Waals surface area contributed by atoms with E-state index in [4.69, 9.17) is 4.74 Å². The molecule has 1 fully saturated rings. The van der Waals surface area contributed by atoms with Crippen LogP contribution in [0.4, 0.5) is 4.79 Å². The summed E-state index contributed by atoms with van der Waals surface area (Å²) in [4.78, 5) is 17.7. The van der Waals surface area contributed by atoms with E-state index in [2.05, 4.69) is 15.6 Å². The van der Waals surface area contributed by atoms with Crippen LogP contribution in [0.5, 0.6) is 0 Å². The third kappa shape index (κ3) is 7.07. The first-order valence-corrected chi connectivity index (χ1v) is 9.58. The van der Waals surface area contributed by atoms with Gasteiger partial charge >= 0.3 is 6.09 Å². The minimum atomic E-state index is -0.893. The minimum Gasteiger partial charge on any atom is -0.444 e. The van der Waals surface area contributed by atoms with E-state index >= 15 is 0 Å². The van der Waals surface area contributed by atoms with E-state index in [1.165, 1.54) is 0 Å². The zero-order chi connectivity index (χ0) is 18.5. The molecule has 1 rings (SSSR count). The van der Waals surface area contributed by atoms with Gasteiger partial charge in [0.2, 0.25) is 0 Å². The molecular weight excluding hydrogens is 328 g/mol. The van der Waals surface area contributed by atoms with Crippen LogP contribution < -0.4 is 10.6 Å². The number of ether oxygens (including phenoxy) is 1. The quantitative estimate of drug-likeness (QED) is 0.584. The van der Waals surface area contributed by atoms with Crippen molar-refractivity contribution in [3.63, 3.8) is 0 Å². The fraction of sp³-hybridized carbons (Fsp3) is 0.875. The summed E-state index contributed by atoms with van der Waals surface area (Å²) in [6.07, 6.45) is -0.288. The Bertz CT molecular complexity index is 489. The molecule has 140 valence electrons. The van der Waals surface area contributed by atoms with Gasteiger partial charge in [0.15, 0.2) is 5.96 Å². The average molecular weight is 361 g/mol. The first-order valence-electron chi connectivity index (χ1n) is 8.26. The normalized spacial score (nSPS) is 18.0. The van der Waals surface area contributed by atoms with Gasteiger partial charge in [-0.15, -0.1) is 0 Å². The molecule has 8 heteroatoms. The SMILES string of the molecule is CN=C(NCCS(=O)C(C)(C)C)NC1CN(C(=O)OC(C)(C)C)C1. The highest BCUT2D eigenvalue weighted by Gasteiger charge is 2.34. The molecule has 0 aliphatic carbocycles. The molecule has 24 heavy (non-hydrogen) atoms. The lowest BCUT2D eigenvalue weighted by molar-refractivity contribution is 0.00701. The molecule has 0 aromatic rings. The topological polar surface area (TPSA) is 83.0 Å². The highest BCUT2D eigenvalue weighted by atomic mass is 32.2. The van der Waals surface area contributed by atoms with Crippen molar-refractivity contribution < 1.29 is 13.7 Å². The maximum absolute atomic E-state index is 12.0. The van der Waals surface area contributed by atoms with E-state index in [0.29, 0.717) is 31.3 Å². The van der Waals surface area contributed by atoms with Crippen molar-refractivity contribution in [2.45, 2.75) is 57.9 Å². The van der Waals surface area contributed by atoms with Crippen LogP contribution in [0.2, 0.25) is 0 Å². The van der Waals surface area contributed by atoms with Gasteiger partial charge in [0.05, 0.1) is 6.04 Å². The number of guanidine groups is 1. The standard InChI is InChI=1S/C16H32N4O3S/c1-15(2,3)23-14(21)20-10-12(11-20)19-13(17-7)18-8-9-24(22)16(4,5)6/h12H,8-11H2,1-7H3,(H2,17,18,19). The molecule has 0 bridgehead atoms. The van der Waals surface area contributed by atoms with Crippen LogP contribution in [0.15, 0.2) is 4.99 Å². The van der Waals surface area contributed by atoms with Crippen molar-refractivity contribution in [2.75, 3.05) is 32.4 Å². The third-order valence-electron chi connectivity index (χ3n) is 3.36. The summed E-state index contributed by atoms with van der Waals surface area (Å²) in [5, 5.41) is 6.42. The summed E-state index contributed by atoms with van der Waals surface area (Å²) in [5.74, 6) is 1.23. The predicted octanol–water partition coefficient (Wildman–Crippen LogP) is 1.32. The highest BCUT2D eigenvalue weighted by Crippen LogP contribution is 2.15. The van der Waals surface area contributed by atoms with Crippen molar-refractivity contribution in [3.05, 3.63) is 0 Å². The number of aliphatic imine (C=N–C) groups is 1. The fourth-order valence-electron chi connectivity index (χ4n) is 2.00. The number of hydrogen-bond donors (Lipinski definition) is 2. The Morgan fingerprint density at radius 2 is 1.83 bits per heavy atom. The lowest BCUT2D eigenvalue weighted by Crippen LogP contribution is -2.63. The molecule has 1 unspecified atom stereocenters. The summed E-state index contributed by atoms with van der Waals surface area (Å²) in [5.41, 5.74) is -0.476. The van der Waals surface area contributed by atoms with E-state index in [9.17, 15) is 9.00 Å². The van der Waals surface area contributed by atoms with Gasteiger partial charge in [0.25, 0.3) is 0 Å². The maximum atomic E-state index is 12.0. The van der Waals surface area contributed by atoms with Crippen LogP contribution in [0.3, 0.4) is 0 Å². The molecule has 1 amide bonds. The first-order chi connectivity index (χ1) is 10.9. The number of amides is 1. The molecule has 1 heterocycles. The molecule has 0 saturated carbocycles. The molecular formula is C16H32N4O3S. The van der Waals surface area contributed by atoms with Crippen LogP contribution in [0.25, 0.3) is 0 Å². The number of carbonyl (C=O) groups is 1. The van der Waals surface area contributed by atoms with E-state index in [0.717, 1.165) is 0 Å². The summed E-state index contributed by atoms with van der Waals surface area (Å²) in [6.45, 7) is 13.2. The van der Waals surface area contributed by atoms with E-state index in [1.807, 2.05) is 41.5 Å². The number of carbonyl (C=O) groups excluding carboxylic acids is 1. The zero-order valence-electron chi connectivity index (χ0n) is 15.9. The summed E-state index contributed by atoms with van der Waals surface area (Å²) < 4.78 is 17.1. The molecule has 2 N–H and O–H groups in total. The predicted molar refractivity (Wildman–Crippen MR) is 98.9 cm³/mol. The Balaban J connectivity index is 2.29. The van der Waals surface area contributed by atoms with Crippen molar-refractivity contribution >= 4 is 22.9 Å². The van der Waals surface area contributed by atoms with Gasteiger partial charge in [0.1, 0.15) is 5.60 Å². The Kier molecular flexibility index (Phi) is 7.07. The smallest absolute Gasteiger partial charge is 0.410 e. The van der Waals surface area contributed by atoms with Crippen LogP contribution in [0, 0.1) is 0 Å². The largest absolute Gasteiger partial charge is 0.444 e. The number of rotatable bonds is 4. The van der Waals surface area contributed by atoms with Crippen LogP contribution in [0.1, 0.15) is 41.5 Å². The molecule has 0 aromatic carbocycles. The zero-order valence-corrected chi connectivity index (χ0v) is 16.7. The van der Waals surface area contributed by atoms with Crippen LogP contribution in [-0.2, 0) is 15.5 Å². The van der Waals surface area contributed by atoms with E-state index in [-0.39, 0.29) is 16.9 Å². The molecule has 0 radical (unpaired) electrons. The molecule has 0 aromatic heterocycles. The minimum absolute atomic E-state index is 0.150. The molecule has 1 aliphatic rings. The van der Waals surface area contributed by atoms with Gasteiger partial charge in [0, 0.05) is 48.0 Å². The van der Waals surface area contributed by atoms with Gasteiger partial charge in [-0.3, -0.25) is 9.20 Å². The highest BCUT2D eigenvalue weighted by molar-refractivity contribution is 7.86. The third-order valence-corrected chi connectivity index (χ3v) is 5.30. The monoisotopic (exact) mass is 360 g/mol. The second-order valence-electron chi connectivity index (χ2n) is 7.89. The fourth-order valence-corrected chi connectivity index (χ4v) is 2.90. The second kappa shape index (κ2) is 8.18. The van der Waals surface area contributed by atoms with Gasteiger partial charge in [-0.25, -0.2) is 4.79 Å². The van der Waals surface area contributed by atoms with Gasteiger partial charge in [-0.1, -0.05) is 0 Å². The van der Waals surface area contributed by atoms with Gasteiger partial charge in [-0.2, -0.15) is 0 Å².